The lowest BCUT2D eigenvalue weighted by molar-refractivity contribution is -0.0132. The fourth-order valence-corrected chi connectivity index (χ4v) is 1.93. The second-order valence-electron chi connectivity index (χ2n) is 5.43. The van der Waals surface area contributed by atoms with E-state index in [2.05, 4.69) is 0 Å². The predicted octanol–water partition coefficient (Wildman–Crippen LogP) is 1.72. The SMILES string of the molecule is NCCOCCOCCOCCOCCOCCOC=Cc1ccccc1. The van der Waals surface area contributed by atoms with Crippen LogP contribution in [0.4, 0.5) is 0 Å². The molecule has 154 valence electrons. The lowest BCUT2D eigenvalue weighted by Crippen LogP contribution is -2.15. The van der Waals surface area contributed by atoms with Gasteiger partial charge in [-0.05, 0) is 11.6 Å². The topological polar surface area (TPSA) is 81.4 Å². The van der Waals surface area contributed by atoms with Gasteiger partial charge in [0.05, 0.1) is 72.3 Å². The molecule has 0 fully saturated rings. The van der Waals surface area contributed by atoms with Gasteiger partial charge in [0, 0.05) is 6.54 Å². The monoisotopic (exact) mass is 383 g/mol. The van der Waals surface area contributed by atoms with E-state index >= 15 is 0 Å². The Hall–Kier alpha value is -1.48. The Morgan fingerprint density at radius 1 is 0.593 bits per heavy atom. The molecule has 0 amide bonds. The van der Waals surface area contributed by atoms with Crippen LogP contribution < -0.4 is 5.73 Å². The first-order valence-electron chi connectivity index (χ1n) is 9.35. The van der Waals surface area contributed by atoms with Crippen LogP contribution in [0.15, 0.2) is 36.6 Å². The van der Waals surface area contributed by atoms with Crippen LogP contribution in [0.2, 0.25) is 0 Å². The lowest BCUT2D eigenvalue weighted by atomic mass is 10.2. The second kappa shape index (κ2) is 19.3. The molecule has 0 heterocycles. The third kappa shape index (κ3) is 16.4. The molecule has 0 atom stereocenters. The highest BCUT2D eigenvalue weighted by atomic mass is 16.6. The summed E-state index contributed by atoms with van der Waals surface area (Å²) in [7, 11) is 0. The van der Waals surface area contributed by atoms with Crippen LogP contribution in [0.5, 0.6) is 0 Å². The molecule has 0 saturated carbocycles. The van der Waals surface area contributed by atoms with Crippen molar-refractivity contribution in [2.75, 3.05) is 79.2 Å². The summed E-state index contributed by atoms with van der Waals surface area (Å²) in [6.45, 7) is 6.54. The normalized spacial score (nSPS) is 11.3. The van der Waals surface area contributed by atoms with Crippen molar-refractivity contribution in [1.29, 1.82) is 0 Å². The largest absolute Gasteiger partial charge is 0.499 e. The fraction of sp³-hybridized carbons (Fsp3) is 0.600. The molecule has 0 aliphatic heterocycles. The summed E-state index contributed by atoms with van der Waals surface area (Å²) < 4.78 is 32.1. The van der Waals surface area contributed by atoms with Gasteiger partial charge in [-0.2, -0.15) is 0 Å². The Morgan fingerprint density at radius 2 is 1.04 bits per heavy atom. The highest BCUT2D eigenvalue weighted by molar-refractivity contribution is 5.47. The quantitative estimate of drug-likeness (QED) is 0.288. The van der Waals surface area contributed by atoms with E-state index in [0.29, 0.717) is 79.2 Å². The average molecular weight is 383 g/mol. The van der Waals surface area contributed by atoms with Crippen molar-refractivity contribution in [3.63, 3.8) is 0 Å². The molecule has 1 aromatic rings. The zero-order chi connectivity index (χ0) is 19.3. The van der Waals surface area contributed by atoms with E-state index < -0.39 is 0 Å². The third-order valence-electron chi connectivity index (χ3n) is 3.25. The van der Waals surface area contributed by atoms with Gasteiger partial charge >= 0.3 is 0 Å². The molecule has 1 aromatic carbocycles. The number of benzene rings is 1. The number of rotatable bonds is 19. The molecule has 0 unspecified atom stereocenters. The molecule has 0 radical (unpaired) electrons. The molecule has 0 aliphatic rings. The summed E-state index contributed by atoms with van der Waals surface area (Å²) in [5, 5.41) is 0. The van der Waals surface area contributed by atoms with Crippen LogP contribution in [0.25, 0.3) is 6.08 Å². The smallest absolute Gasteiger partial charge is 0.111 e. The molecule has 7 heteroatoms. The Labute approximate surface area is 162 Å². The van der Waals surface area contributed by atoms with Gasteiger partial charge in [0.25, 0.3) is 0 Å². The first-order chi connectivity index (χ1) is 13.4. The fourth-order valence-electron chi connectivity index (χ4n) is 1.93. The van der Waals surface area contributed by atoms with Gasteiger partial charge in [-0.3, -0.25) is 0 Å². The average Bonchev–Trinajstić information content (AvgIpc) is 2.70. The van der Waals surface area contributed by atoms with Crippen LogP contribution in [0.1, 0.15) is 5.56 Å². The maximum Gasteiger partial charge on any atom is 0.111 e. The zero-order valence-corrected chi connectivity index (χ0v) is 16.1. The Kier molecular flexibility index (Phi) is 16.8. The zero-order valence-electron chi connectivity index (χ0n) is 16.1. The van der Waals surface area contributed by atoms with Crippen LogP contribution in [-0.4, -0.2) is 79.2 Å². The number of hydrogen-bond donors (Lipinski definition) is 1. The van der Waals surface area contributed by atoms with Crippen LogP contribution in [-0.2, 0) is 28.4 Å². The predicted molar refractivity (Wildman–Crippen MR) is 105 cm³/mol. The van der Waals surface area contributed by atoms with E-state index in [-0.39, 0.29) is 0 Å². The summed E-state index contributed by atoms with van der Waals surface area (Å²) in [5.74, 6) is 0. The molecule has 27 heavy (non-hydrogen) atoms. The van der Waals surface area contributed by atoms with E-state index in [0.717, 1.165) is 5.56 Å². The van der Waals surface area contributed by atoms with Crippen LogP contribution in [0.3, 0.4) is 0 Å². The molecule has 1 rings (SSSR count). The van der Waals surface area contributed by atoms with Gasteiger partial charge in [0.15, 0.2) is 0 Å². The van der Waals surface area contributed by atoms with Gasteiger partial charge in [-0.25, -0.2) is 0 Å². The lowest BCUT2D eigenvalue weighted by Gasteiger charge is -2.07. The van der Waals surface area contributed by atoms with Crippen molar-refractivity contribution in [3.8, 4) is 0 Å². The Morgan fingerprint density at radius 3 is 1.52 bits per heavy atom. The second-order valence-corrected chi connectivity index (χ2v) is 5.43. The van der Waals surface area contributed by atoms with Gasteiger partial charge in [0.1, 0.15) is 6.61 Å². The minimum absolute atomic E-state index is 0.518. The molecular weight excluding hydrogens is 350 g/mol. The number of hydrogen-bond acceptors (Lipinski definition) is 7. The first kappa shape index (κ1) is 23.6. The number of nitrogens with two attached hydrogens (primary N) is 1. The van der Waals surface area contributed by atoms with Crippen LogP contribution in [0, 0.1) is 0 Å². The Balaban J connectivity index is 1.71. The van der Waals surface area contributed by atoms with Crippen molar-refractivity contribution in [2.24, 2.45) is 5.73 Å². The maximum atomic E-state index is 5.42. The van der Waals surface area contributed by atoms with Crippen molar-refractivity contribution < 1.29 is 28.4 Å². The summed E-state index contributed by atoms with van der Waals surface area (Å²) in [5.41, 5.74) is 6.41. The molecular formula is C20H33NO6. The molecule has 0 aliphatic carbocycles. The van der Waals surface area contributed by atoms with E-state index in [9.17, 15) is 0 Å². The van der Waals surface area contributed by atoms with E-state index in [1.165, 1.54) is 0 Å². The van der Waals surface area contributed by atoms with Crippen LogP contribution >= 0.6 is 0 Å². The van der Waals surface area contributed by atoms with Gasteiger partial charge < -0.3 is 34.2 Å². The molecule has 0 aromatic heterocycles. The highest BCUT2D eigenvalue weighted by Gasteiger charge is 1.93. The molecule has 2 N–H and O–H groups in total. The highest BCUT2D eigenvalue weighted by Crippen LogP contribution is 2.00. The minimum Gasteiger partial charge on any atom is -0.499 e. The van der Waals surface area contributed by atoms with E-state index in [4.69, 9.17) is 34.2 Å². The van der Waals surface area contributed by atoms with Crippen molar-refractivity contribution in [1.82, 2.24) is 0 Å². The summed E-state index contributed by atoms with van der Waals surface area (Å²) >= 11 is 0. The van der Waals surface area contributed by atoms with Crippen molar-refractivity contribution in [3.05, 3.63) is 42.2 Å². The molecule has 0 bridgehead atoms. The van der Waals surface area contributed by atoms with E-state index in [1.54, 1.807) is 6.26 Å². The molecule has 0 spiro atoms. The summed E-state index contributed by atoms with van der Waals surface area (Å²) in [6.07, 6.45) is 3.60. The maximum absolute atomic E-state index is 5.42. The van der Waals surface area contributed by atoms with Gasteiger partial charge in [0.2, 0.25) is 0 Å². The van der Waals surface area contributed by atoms with Gasteiger partial charge in [-0.15, -0.1) is 0 Å². The van der Waals surface area contributed by atoms with Gasteiger partial charge in [-0.1, -0.05) is 30.3 Å². The summed E-state index contributed by atoms with van der Waals surface area (Å²) in [4.78, 5) is 0. The minimum atomic E-state index is 0.518. The number of ether oxygens (including phenoxy) is 6. The molecule has 0 saturated heterocycles. The third-order valence-corrected chi connectivity index (χ3v) is 3.25. The Bertz CT molecular complexity index is 443. The van der Waals surface area contributed by atoms with E-state index in [1.807, 2.05) is 36.4 Å². The molecule has 7 nitrogen and oxygen atoms in total. The standard InChI is InChI=1S/C20H33NO6/c21-7-9-23-11-13-25-15-17-27-19-18-26-16-14-24-12-10-22-8-6-20-4-2-1-3-5-20/h1-6,8H,7,9-19,21H2. The van der Waals surface area contributed by atoms with Crippen molar-refractivity contribution in [2.45, 2.75) is 0 Å². The van der Waals surface area contributed by atoms with Crippen molar-refractivity contribution >= 4 is 6.08 Å². The summed E-state index contributed by atoms with van der Waals surface area (Å²) in [6, 6.07) is 10.00. The first-order valence-corrected chi connectivity index (χ1v) is 9.35.